The molecule has 0 amide bonds. The minimum absolute atomic E-state index is 0.000872. The van der Waals surface area contributed by atoms with Crippen LogP contribution in [0.3, 0.4) is 0 Å². The van der Waals surface area contributed by atoms with Gasteiger partial charge in [-0.2, -0.15) is 0 Å². The number of methoxy groups -OCH3 is 1. The molecule has 0 unspecified atom stereocenters. The molecule has 1 heterocycles. The Hall–Kier alpha value is -1.62. The molecule has 5 nitrogen and oxygen atoms in total. The summed E-state index contributed by atoms with van der Waals surface area (Å²) in [6.45, 7) is 0.985. The van der Waals surface area contributed by atoms with Gasteiger partial charge >= 0.3 is 0 Å². The van der Waals surface area contributed by atoms with E-state index < -0.39 is 0 Å². The van der Waals surface area contributed by atoms with E-state index in [2.05, 4.69) is 4.98 Å². The van der Waals surface area contributed by atoms with E-state index in [1.54, 1.807) is 19.2 Å². The first-order chi connectivity index (χ1) is 6.74. The van der Waals surface area contributed by atoms with E-state index in [9.17, 15) is 0 Å². The van der Waals surface area contributed by atoms with E-state index in [1.807, 2.05) is 0 Å². The summed E-state index contributed by atoms with van der Waals surface area (Å²) in [5.74, 6) is 0.507. The van der Waals surface area contributed by atoms with Gasteiger partial charge in [0.2, 0.25) is 5.88 Å². The zero-order valence-corrected chi connectivity index (χ0v) is 7.99. The number of nitrogen functional groups attached to an aromatic ring is 1. The second kappa shape index (κ2) is 5.18. The van der Waals surface area contributed by atoms with Gasteiger partial charge in [0, 0.05) is 24.9 Å². The van der Waals surface area contributed by atoms with E-state index in [0.29, 0.717) is 24.7 Å². The third-order valence-corrected chi connectivity index (χ3v) is 1.58. The second-order valence-corrected chi connectivity index (χ2v) is 2.64. The molecule has 0 saturated heterocycles. The van der Waals surface area contributed by atoms with E-state index in [0.717, 1.165) is 0 Å². The molecule has 14 heavy (non-hydrogen) atoms. The molecule has 0 bridgehead atoms. The Morgan fingerprint density at radius 1 is 1.50 bits per heavy atom. The van der Waals surface area contributed by atoms with Crippen molar-refractivity contribution in [3.8, 4) is 5.88 Å². The summed E-state index contributed by atoms with van der Waals surface area (Å²) in [4.78, 5) is 3.97. The van der Waals surface area contributed by atoms with Crippen LogP contribution < -0.4 is 10.5 Å². The van der Waals surface area contributed by atoms with Crippen LogP contribution in [-0.4, -0.2) is 31.1 Å². The molecule has 0 aromatic carbocycles. The number of nitrogens with two attached hydrogens (primary N) is 1. The molecule has 76 valence electrons. The standard InChI is InChI=1S/C9H13N3O2/c1-13-4-5-14-8-3-2-7(6-12-8)9(10)11/h2-3,6H,4-5H2,1H3,(H3,10,11). The van der Waals surface area contributed by atoms with Gasteiger partial charge in [0.05, 0.1) is 6.61 Å². The summed E-state index contributed by atoms with van der Waals surface area (Å²) < 4.78 is 10.1. The van der Waals surface area contributed by atoms with Crippen molar-refractivity contribution in [3.05, 3.63) is 23.9 Å². The zero-order chi connectivity index (χ0) is 10.4. The number of aromatic nitrogens is 1. The van der Waals surface area contributed by atoms with E-state index >= 15 is 0 Å². The highest BCUT2D eigenvalue weighted by Gasteiger charge is 1.98. The lowest BCUT2D eigenvalue weighted by Gasteiger charge is -2.04. The van der Waals surface area contributed by atoms with Crippen LogP contribution in [0.15, 0.2) is 18.3 Å². The Balaban J connectivity index is 2.51. The molecule has 0 fully saturated rings. The van der Waals surface area contributed by atoms with Crippen LogP contribution in [-0.2, 0) is 4.74 Å². The molecule has 0 spiro atoms. The van der Waals surface area contributed by atoms with E-state index in [1.165, 1.54) is 6.20 Å². The highest BCUT2D eigenvalue weighted by Crippen LogP contribution is 2.06. The molecule has 0 aliphatic carbocycles. The largest absolute Gasteiger partial charge is 0.475 e. The fraction of sp³-hybridized carbons (Fsp3) is 0.333. The maximum absolute atomic E-state index is 7.15. The van der Waals surface area contributed by atoms with Crippen LogP contribution in [0.5, 0.6) is 5.88 Å². The molecule has 1 rings (SSSR count). The summed E-state index contributed by atoms with van der Waals surface area (Å²) in [5.41, 5.74) is 5.86. The van der Waals surface area contributed by atoms with Crippen LogP contribution >= 0.6 is 0 Å². The monoisotopic (exact) mass is 195 g/mol. The van der Waals surface area contributed by atoms with Crippen molar-refractivity contribution in [1.29, 1.82) is 5.41 Å². The summed E-state index contributed by atoms with van der Waals surface area (Å²) in [7, 11) is 1.61. The molecule has 0 aliphatic heterocycles. The Kier molecular flexibility index (Phi) is 3.87. The molecule has 0 atom stereocenters. The third-order valence-electron chi connectivity index (χ3n) is 1.58. The van der Waals surface area contributed by atoms with Crippen LogP contribution in [0.25, 0.3) is 0 Å². The predicted molar refractivity (Wildman–Crippen MR) is 52.6 cm³/mol. The van der Waals surface area contributed by atoms with Crippen LogP contribution in [0.4, 0.5) is 0 Å². The number of rotatable bonds is 5. The van der Waals surface area contributed by atoms with Gasteiger partial charge in [-0.25, -0.2) is 4.98 Å². The lowest BCUT2D eigenvalue weighted by molar-refractivity contribution is 0.144. The first-order valence-corrected chi connectivity index (χ1v) is 4.16. The van der Waals surface area contributed by atoms with Gasteiger partial charge in [0.15, 0.2) is 0 Å². The quantitative estimate of drug-likeness (QED) is 0.404. The SMILES string of the molecule is COCCOc1ccc(C(=N)N)cn1. The van der Waals surface area contributed by atoms with Gasteiger partial charge in [-0.1, -0.05) is 0 Å². The van der Waals surface area contributed by atoms with Crippen molar-refractivity contribution in [3.63, 3.8) is 0 Å². The van der Waals surface area contributed by atoms with Crippen molar-refractivity contribution in [2.24, 2.45) is 5.73 Å². The van der Waals surface area contributed by atoms with Gasteiger partial charge < -0.3 is 15.2 Å². The number of nitrogens with one attached hydrogen (secondary N) is 1. The average molecular weight is 195 g/mol. The number of ether oxygens (including phenoxy) is 2. The van der Waals surface area contributed by atoms with Crippen molar-refractivity contribution < 1.29 is 9.47 Å². The topological polar surface area (TPSA) is 81.2 Å². The predicted octanol–water partition coefficient (Wildman–Crippen LogP) is 0.391. The van der Waals surface area contributed by atoms with Crippen molar-refractivity contribution in [2.45, 2.75) is 0 Å². The maximum Gasteiger partial charge on any atom is 0.213 e. The molecular weight excluding hydrogens is 182 g/mol. The Morgan fingerprint density at radius 2 is 2.29 bits per heavy atom. The number of hydrogen-bond acceptors (Lipinski definition) is 4. The van der Waals surface area contributed by atoms with Gasteiger partial charge in [-0.15, -0.1) is 0 Å². The van der Waals surface area contributed by atoms with Gasteiger partial charge in [-0.05, 0) is 6.07 Å². The fourth-order valence-corrected chi connectivity index (χ4v) is 0.855. The lowest BCUT2D eigenvalue weighted by Crippen LogP contribution is -2.11. The van der Waals surface area contributed by atoms with Crippen LogP contribution in [0.2, 0.25) is 0 Å². The lowest BCUT2D eigenvalue weighted by atomic mass is 10.3. The first kappa shape index (κ1) is 10.5. The fourth-order valence-electron chi connectivity index (χ4n) is 0.855. The van der Waals surface area contributed by atoms with Crippen LogP contribution in [0.1, 0.15) is 5.56 Å². The Morgan fingerprint density at radius 3 is 2.79 bits per heavy atom. The molecule has 0 saturated carbocycles. The number of hydrogen-bond donors (Lipinski definition) is 2. The molecule has 1 aromatic heterocycles. The highest BCUT2D eigenvalue weighted by molar-refractivity contribution is 5.94. The summed E-state index contributed by atoms with van der Waals surface area (Å²) in [6.07, 6.45) is 1.50. The maximum atomic E-state index is 7.15. The summed E-state index contributed by atoms with van der Waals surface area (Å²) in [6, 6.07) is 3.36. The van der Waals surface area contributed by atoms with Crippen LogP contribution in [0, 0.1) is 5.41 Å². The minimum Gasteiger partial charge on any atom is -0.475 e. The van der Waals surface area contributed by atoms with Gasteiger partial charge in [-0.3, -0.25) is 5.41 Å². The Labute approximate surface area is 82.4 Å². The van der Waals surface area contributed by atoms with Crippen molar-refractivity contribution in [2.75, 3.05) is 20.3 Å². The molecule has 3 N–H and O–H groups in total. The van der Waals surface area contributed by atoms with Gasteiger partial charge in [0.1, 0.15) is 12.4 Å². The average Bonchev–Trinajstić information content (AvgIpc) is 2.19. The normalized spacial score (nSPS) is 9.79. The number of amidine groups is 1. The molecule has 5 heteroatoms. The smallest absolute Gasteiger partial charge is 0.213 e. The first-order valence-electron chi connectivity index (χ1n) is 4.16. The molecular formula is C9H13N3O2. The molecule has 0 radical (unpaired) electrons. The van der Waals surface area contributed by atoms with Crippen molar-refractivity contribution in [1.82, 2.24) is 4.98 Å². The second-order valence-electron chi connectivity index (χ2n) is 2.64. The zero-order valence-electron chi connectivity index (χ0n) is 7.99. The third kappa shape index (κ3) is 3.02. The van der Waals surface area contributed by atoms with Gasteiger partial charge in [0.25, 0.3) is 0 Å². The van der Waals surface area contributed by atoms with E-state index in [4.69, 9.17) is 20.6 Å². The number of pyridine rings is 1. The minimum atomic E-state index is 0.000872. The van der Waals surface area contributed by atoms with E-state index in [-0.39, 0.29) is 5.84 Å². The molecule has 0 aliphatic rings. The summed E-state index contributed by atoms with van der Waals surface area (Å²) in [5, 5.41) is 7.15. The molecule has 1 aromatic rings. The van der Waals surface area contributed by atoms with Crippen molar-refractivity contribution >= 4 is 5.84 Å². The summed E-state index contributed by atoms with van der Waals surface area (Å²) >= 11 is 0. The Bertz CT molecular complexity index is 297. The number of nitrogens with zero attached hydrogens (tertiary/aromatic N) is 1. The highest BCUT2D eigenvalue weighted by atomic mass is 16.5.